The minimum absolute atomic E-state index is 0.230. The molecule has 0 radical (unpaired) electrons. The van der Waals surface area contributed by atoms with Crippen LogP contribution >= 0.6 is 0 Å². The van der Waals surface area contributed by atoms with Crippen molar-refractivity contribution in [2.45, 2.75) is 25.9 Å². The second-order valence-electron chi connectivity index (χ2n) is 6.28. The van der Waals surface area contributed by atoms with Gasteiger partial charge in [0.1, 0.15) is 11.9 Å². The number of hydrogen-bond acceptors (Lipinski definition) is 4. The number of fused-ring (bicyclic) bond motifs is 1. The van der Waals surface area contributed by atoms with E-state index in [1.807, 2.05) is 18.2 Å². The maximum Gasteiger partial charge on any atom is 0.338 e. The largest absolute Gasteiger partial charge is 0.454 e. The van der Waals surface area contributed by atoms with Crippen molar-refractivity contribution >= 4 is 11.9 Å². The molecule has 1 unspecified atom stereocenters. The van der Waals surface area contributed by atoms with Crippen LogP contribution < -0.4 is 4.74 Å². The second-order valence-corrected chi connectivity index (χ2v) is 6.28. The maximum absolute atomic E-state index is 11.6. The third-order valence-corrected chi connectivity index (χ3v) is 4.34. The van der Waals surface area contributed by atoms with Crippen molar-refractivity contribution in [2.75, 3.05) is 0 Å². The predicted molar refractivity (Wildman–Crippen MR) is 99.7 cm³/mol. The number of esters is 2. The zero-order valence-corrected chi connectivity index (χ0v) is 14.7. The van der Waals surface area contributed by atoms with Gasteiger partial charge in [-0.15, -0.1) is 0 Å². The van der Waals surface area contributed by atoms with Crippen LogP contribution in [0, 0.1) is 0 Å². The van der Waals surface area contributed by atoms with Gasteiger partial charge in [0.15, 0.2) is 0 Å². The van der Waals surface area contributed by atoms with Crippen LogP contribution in [0.3, 0.4) is 0 Å². The first-order valence-corrected chi connectivity index (χ1v) is 8.42. The lowest BCUT2D eigenvalue weighted by Crippen LogP contribution is -2.07. The van der Waals surface area contributed by atoms with Crippen molar-refractivity contribution in [2.24, 2.45) is 0 Å². The summed E-state index contributed by atoms with van der Waals surface area (Å²) in [6, 6.07) is 13.5. The molecule has 2 aromatic carbocycles. The Labute approximate surface area is 152 Å². The van der Waals surface area contributed by atoms with Crippen molar-refractivity contribution in [3.05, 3.63) is 78.4 Å². The van der Waals surface area contributed by atoms with E-state index in [4.69, 9.17) is 9.47 Å². The number of ether oxygens (including phenoxy) is 2. The van der Waals surface area contributed by atoms with E-state index in [-0.39, 0.29) is 6.10 Å². The van der Waals surface area contributed by atoms with E-state index in [1.165, 1.54) is 11.6 Å². The number of benzene rings is 2. The van der Waals surface area contributed by atoms with Crippen LogP contribution in [0.2, 0.25) is 0 Å². The quantitative estimate of drug-likeness (QED) is 0.452. The van der Waals surface area contributed by atoms with Gasteiger partial charge in [0.05, 0.1) is 0 Å². The molecule has 0 bridgehead atoms. The zero-order valence-electron chi connectivity index (χ0n) is 14.7. The summed E-state index contributed by atoms with van der Waals surface area (Å²) >= 11 is 0. The molecule has 0 amide bonds. The van der Waals surface area contributed by atoms with Crippen molar-refractivity contribution in [3.8, 4) is 16.9 Å². The highest BCUT2D eigenvalue weighted by Crippen LogP contribution is 2.37. The standard InChI is InChI=1S/C22H20O4/c1-4-21(23)26-20-12-9-16-5-6-17(13-19(16)20)15-7-10-18(11-8-15)25-22(24)14(2)3/h4-8,10-11,13,20H,1-2,9,12H2,3H3. The van der Waals surface area contributed by atoms with E-state index in [2.05, 4.69) is 25.3 Å². The predicted octanol–water partition coefficient (Wildman–Crippen LogP) is 4.55. The lowest BCUT2D eigenvalue weighted by atomic mass is 10.00. The third-order valence-electron chi connectivity index (χ3n) is 4.34. The summed E-state index contributed by atoms with van der Waals surface area (Å²) in [5.41, 5.74) is 4.60. The van der Waals surface area contributed by atoms with Crippen LogP contribution in [0.5, 0.6) is 5.75 Å². The lowest BCUT2D eigenvalue weighted by Gasteiger charge is -2.13. The molecule has 0 heterocycles. The van der Waals surface area contributed by atoms with Crippen molar-refractivity contribution in [1.82, 2.24) is 0 Å². The van der Waals surface area contributed by atoms with Crippen LogP contribution in [0.1, 0.15) is 30.6 Å². The first kappa shape index (κ1) is 17.7. The van der Waals surface area contributed by atoms with Gasteiger partial charge in [-0.2, -0.15) is 0 Å². The minimum Gasteiger partial charge on any atom is -0.454 e. The number of hydrogen-bond donors (Lipinski definition) is 0. The number of carbonyl (C=O) groups is 2. The van der Waals surface area contributed by atoms with Crippen LogP contribution in [-0.2, 0) is 20.7 Å². The smallest absolute Gasteiger partial charge is 0.338 e. The highest BCUT2D eigenvalue weighted by Gasteiger charge is 2.25. The molecule has 4 nitrogen and oxygen atoms in total. The topological polar surface area (TPSA) is 52.6 Å². The highest BCUT2D eigenvalue weighted by molar-refractivity contribution is 5.88. The Morgan fingerprint density at radius 3 is 2.46 bits per heavy atom. The molecule has 1 aliphatic rings. The van der Waals surface area contributed by atoms with E-state index in [9.17, 15) is 9.59 Å². The third kappa shape index (κ3) is 3.75. The Morgan fingerprint density at radius 1 is 1.12 bits per heavy atom. The van der Waals surface area contributed by atoms with Crippen LogP contribution in [0.4, 0.5) is 0 Å². The normalized spacial score (nSPS) is 15.0. The second kappa shape index (κ2) is 7.40. The molecular weight excluding hydrogens is 328 g/mol. The van der Waals surface area contributed by atoms with Gasteiger partial charge in [0, 0.05) is 11.6 Å². The molecule has 0 spiro atoms. The Kier molecular flexibility index (Phi) is 5.03. The summed E-state index contributed by atoms with van der Waals surface area (Å²) in [5, 5.41) is 0. The van der Waals surface area contributed by atoms with Crippen molar-refractivity contribution < 1.29 is 19.1 Å². The van der Waals surface area contributed by atoms with Crippen LogP contribution in [0.15, 0.2) is 67.3 Å². The van der Waals surface area contributed by atoms with E-state index in [1.54, 1.807) is 19.1 Å². The highest BCUT2D eigenvalue weighted by atomic mass is 16.5. The Morgan fingerprint density at radius 2 is 1.81 bits per heavy atom. The SMILES string of the molecule is C=CC(=O)OC1CCc2ccc(-c3ccc(OC(=O)C(=C)C)cc3)cc21. The van der Waals surface area contributed by atoms with Crippen molar-refractivity contribution in [1.29, 1.82) is 0 Å². The summed E-state index contributed by atoms with van der Waals surface area (Å²) in [7, 11) is 0. The van der Waals surface area contributed by atoms with Crippen LogP contribution in [-0.4, -0.2) is 11.9 Å². The number of aryl methyl sites for hydroxylation is 1. The molecule has 0 aromatic heterocycles. The molecule has 0 aliphatic heterocycles. The molecular formula is C22H20O4. The Hall–Kier alpha value is -3.14. The van der Waals surface area contributed by atoms with Gasteiger partial charge in [0.25, 0.3) is 0 Å². The molecule has 4 heteroatoms. The fourth-order valence-electron chi connectivity index (χ4n) is 2.96. The summed E-state index contributed by atoms with van der Waals surface area (Å²) in [4.78, 5) is 23.1. The summed E-state index contributed by atoms with van der Waals surface area (Å²) in [5.74, 6) is -0.375. The molecule has 1 aliphatic carbocycles. The molecule has 1 atom stereocenters. The Balaban J connectivity index is 1.81. The molecule has 0 N–H and O–H groups in total. The molecule has 2 aromatic rings. The minimum atomic E-state index is -0.442. The Bertz CT molecular complexity index is 878. The van der Waals surface area contributed by atoms with E-state index >= 15 is 0 Å². The molecule has 3 rings (SSSR count). The number of carbonyl (C=O) groups excluding carboxylic acids is 2. The lowest BCUT2D eigenvalue weighted by molar-refractivity contribution is -0.143. The van der Waals surface area contributed by atoms with Gasteiger partial charge in [-0.25, -0.2) is 9.59 Å². The average Bonchev–Trinajstić information content (AvgIpc) is 3.04. The molecule has 0 saturated heterocycles. The van der Waals surface area contributed by atoms with E-state index in [0.717, 1.165) is 29.5 Å². The summed E-state index contributed by atoms with van der Waals surface area (Å²) < 4.78 is 10.6. The van der Waals surface area contributed by atoms with Gasteiger partial charge in [-0.05, 0) is 60.2 Å². The molecule has 26 heavy (non-hydrogen) atoms. The first-order chi connectivity index (χ1) is 12.5. The zero-order chi connectivity index (χ0) is 18.7. The maximum atomic E-state index is 11.6. The number of rotatable bonds is 5. The monoisotopic (exact) mass is 348 g/mol. The van der Waals surface area contributed by atoms with Gasteiger partial charge in [-0.1, -0.05) is 37.4 Å². The van der Waals surface area contributed by atoms with Gasteiger partial charge < -0.3 is 9.47 Å². The fourth-order valence-corrected chi connectivity index (χ4v) is 2.96. The van der Waals surface area contributed by atoms with Gasteiger partial charge in [-0.3, -0.25) is 0 Å². The molecule has 132 valence electrons. The van der Waals surface area contributed by atoms with Crippen molar-refractivity contribution in [3.63, 3.8) is 0 Å². The van der Waals surface area contributed by atoms with E-state index in [0.29, 0.717) is 11.3 Å². The van der Waals surface area contributed by atoms with Crippen LogP contribution in [0.25, 0.3) is 11.1 Å². The van der Waals surface area contributed by atoms with E-state index < -0.39 is 11.9 Å². The van der Waals surface area contributed by atoms with Gasteiger partial charge >= 0.3 is 11.9 Å². The molecule has 0 saturated carbocycles. The fraction of sp³-hybridized carbons (Fsp3) is 0.182. The van der Waals surface area contributed by atoms with Gasteiger partial charge in [0.2, 0.25) is 0 Å². The first-order valence-electron chi connectivity index (χ1n) is 8.42. The average molecular weight is 348 g/mol. The molecule has 0 fully saturated rings. The summed E-state index contributed by atoms with van der Waals surface area (Å²) in [6.45, 7) is 8.62. The summed E-state index contributed by atoms with van der Waals surface area (Å²) in [6.07, 6.45) is 2.63.